The molecule has 1 aromatic rings. The van der Waals surface area contributed by atoms with Crippen LogP contribution in [0.2, 0.25) is 0 Å². The van der Waals surface area contributed by atoms with Gasteiger partial charge < -0.3 is 25.4 Å². The third-order valence-electron chi connectivity index (χ3n) is 4.12. The fourth-order valence-electron chi connectivity index (χ4n) is 3.05. The van der Waals surface area contributed by atoms with Crippen LogP contribution in [0.3, 0.4) is 0 Å². The number of carbonyl (C=O) groups is 2. The Labute approximate surface area is 142 Å². The average molecular weight is 335 g/mol. The zero-order valence-corrected chi connectivity index (χ0v) is 14.3. The molecule has 0 bridgehead atoms. The largest absolute Gasteiger partial charge is 0.495 e. The number of rotatable bonds is 6. The van der Waals surface area contributed by atoms with Gasteiger partial charge in [-0.3, -0.25) is 4.79 Å². The molecule has 0 heterocycles. The molecule has 1 saturated carbocycles. The molecular weight excluding hydrogens is 310 g/mol. The van der Waals surface area contributed by atoms with Gasteiger partial charge in [0.05, 0.1) is 19.4 Å². The van der Waals surface area contributed by atoms with Crippen LogP contribution in [0.5, 0.6) is 5.75 Å². The van der Waals surface area contributed by atoms with Gasteiger partial charge in [-0.05, 0) is 31.0 Å². The van der Waals surface area contributed by atoms with Crippen LogP contribution >= 0.6 is 0 Å². The van der Waals surface area contributed by atoms with Gasteiger partial charge in [0.2, 0.25) is 5.91 Å². The third kappa shape index (κ3) is 4.86. The van der Waals surface area contributed by atoms with Crippen molar-refractivity contribution in [3.63, 3.8) is 0 Å². The predicted molar refractivity (Wildman–Crippen MR) is 92.5 cm³/mol. The molecule has 1 aliphatic carbocycles. The zero-order chi connectivity index (χ0) is 17.5. The zero-order valence-electron chi connectivity index (χ0n) is 14.3. The molecule has 0 spiro atoms. The van der Waals surface area contributed by atoms with Gasteiger partial charge in [0.25, 0.3) is 0 Å². The molecule has 7 heteroatoms. The van der Waals surface area contributed by atoms with Crippen molar-refractivity contribution >= 4 is 23.3 Å². The van der Waals surface area contributed by atoms with Crippen molar-refractivity contribution in [3.05, 3.63) is 18.2 Å². The number of benzene rings is 1. The molecule has 0 saturated heterocycles. The highest BCUT2D eigenvalue weighted by Gasteiger charge is 2.28. The van der Waals surface area contributed by atoms with Gasteiger partial charge in [-0.1, -0.05) is 6.42 Å². The summed E-state index contributed by atoms with van der Waals surface area (Å²) in [6.45, 7) is 2.07. The molecule has 2 atom stereocenters. The van der Waals surface area contributed by atoms with Crippen LogP contribution in [0.25, 0.3) is 0 Å². The highest BCUT2D eigenvalue weighted by atomic mass is 16.5. The molecule has 1 fully saturated rings. The second-order valence-electron chi connectivity index (χ2n) is 5.95. The standard InChI is InChI=1S/C17H25N3O4/c1-11(21)18-15-9-13(7-8-16(15)24-3)19-17(22)20-14-6-4-5-12(14)10-23-2/h7-9,12,14H,4-6,10H2,1-3H3,(H,18,21)(H2,19,20,22)/t12-,14-/m1/s1. The van der Waals surface area contributed by atoms with Crippen LogP contribution in [0.4, 0.5) is 16.2 Å². The molecule has 1 aliphatic rings. The highest BCUT2D eigenvalue weighted by molar-refractivity contribution is 5.94. The third-order valence-corrected chi connectivity index (χ3v) is 4.12. The second-order valence-corrected chi connectivity index (χ2v) is 5.95. The first kappa shape index (κ1) is 18.1. The fraction of sp³-hybridized carbons (Fsp3) is 0.529. The van der Waals surface area contributed by atoms with E-state index in [0.717, 1.165) is 19.3 Å². The number of methoxy groups -OCH3 is 2. The van der Waals surface area contributed by atoms with Gasteiger partial charge in [-0.15, -0.1) is 0 Å². The van der Waals surface area contributed by atoms with Crippen LogP contribution in [0.1, 0.15) is 26.2 Å². The Bertz CT molecular complexity index is 591. The molecule has 3 N–H and O–H groups in total. The van der Waals surface area contributed by atoms with E-state index >= 15 is 0 Å². The van der Waals surface area contributed by atoms with Crippen LogP contribution in [-0.4, -0.2) is 38.8 Å². The van der Waals surface area contributed by atoms with Crippen molar-refractivity contribution in [2.75, 3.05) is 31.5 Å². The molecule has 0 aliphatic heterocycles. The monoisotopic (exact) mass is 335 g/mol. The second kappa shape index (κ2) is 8.54. The maximum Gasteiger partial charge on any atom is 0.319 e. The van der Waals surface area contributed by atoms with Crippen molar-refractivity contribution < 1.29 is 19.1 Å². The van der Waals surface area contributed by atoms with E-state index in [0.29, 0.717) is 29.6 Å². The molecule has 24 heavy (non-hydrogen) atoms. The van der Waals surface area contributed by atoms with Gasteiger partial charge >= 0.3 is 6.03 Å². The fourth-order valence-corrected chi connectivity index (χ4v) is 3.05. The summed E-state index contributed by atoms with van der Waals surface area (Å²) in [4.78, 5) is 23.5. The molecule has 1 aromatic carbocycles. The molecule has 132 valence electrons. The summed E-state index contributed by atoms with van der Waals surface area (Å²) in [6, 6.07) is 4.95. The van der Waals surface area contributed by atoms with E-state index in [-0.39, 0.29) is 18.0 Å². The summed E-state index contributed by atoms with van der Waals surface area (Å²) in [6.07, 6.45) is 3.11. The molecular formula is C17H25N3O4. The number of hydrogen-bond donors (Lipinski definition) is 3. The minimum Gasteiger partial charge on any atom is -0.495 e. The molecule has 3 amide bonds. The SMILES string of the molecule is COC[C@H]1CCC[C@H]1NC(=O)Nc1ccc(OC)c(NC(C)=O)c1. The first-order chi connectivity index (χ1) is 11.5. The summed E-state index contributed by atoms with van der Waals surface area (Å²) in [7, 11) is 3.20. The average Bonchev–Trinajstić information content (AvgIpc) is 2.94. The van der Waals surface area contributed by atoms with Crippen molar-refractivity contribution in [1.82, 2.24) is 5.32 Å². The van der Waals surface area contributed by atoms with Crippen LogP contribution in [0, 0.1) is 5.92 Å². The molecule has 2 rings (SSSR count). The van der Waals surface area contributed by atoms with Gasteiger partial charge in [-0.2, -0.15) is 0 Å². The Kier molecular flexibility index (Phi) is 6.43. The van der Waals surface area contributed by atoms with Gasteiger partial charge in [-0.25, -0.2) is 4.79 Å². The Hall–Kier alpha value is -2.28. The minimum absolute atomic E-state index is 0.123. The first-order valence-electron chi connectivity index (χ1n) is 8.05. The van der Waals surface area contributed by atoms with E-state index < -0.39 is 0 Å². The Morgan fingerprint density at radius 3 is 2.67 bits per heavy atom. The van der Waals surface area contributed by atoms with E-state index in [9.17, 15) is 9.59 Å². The van der Waals surface area contributed by atoms with E-state index in [1.165, 1.54) is 14.0 Å². The number of hydrogen-bond acceptors (Lipinski definition) is 4. The smallest absolute Gasteiger partial charge is 0.319 e. The summed E-state index contributed by atoms with van der Waals surface area (Å²) < 4.78 is 10.4. The quantitative estimate of drug-likeness (QED) is 0.745. The van der Waals surface area contributed by atoms with Crippen molar-refractivity contribution in [3.8, 4) is 5.75 Å². The minimum atomic E-state index is -0.262. The number of urea groups is 1. The number of nitrogens with one attached hydrogen (secondary N) is 3. The summed E-state index contributed by atoms with van der Waals surface area (Å²) in [5.41, 5.74) is 1.10. The number of ether oxygens (including phenoxy) is 2. The Balaban J connectivity index is 1.99. The molecule has 7 nitrogen and oxygen atoms in total. The Morgan fingerprint density at radius 1 is 1.21 bits per heavy atom. The maximum absolute atomic E-state index is 12.2. The number of amides is 3. The number of anilines is 2. The van der Waals surface area contributed by atoms with E-state index in [1.54, 1.807) is 25.3 Å². The highest BCUT2D eigenvalue weighted by Crippen LogP contribution is 2.28. The van der Waals surface area contributed by atoms with E-state index in [1.807, 2.05) is 0 Å². The van der Waals surface area contributed by atoms with Crippen LogP contribution in [0.15, 0.2) is 18.2 Å². The summed E-state index contributed by atoms with van der Waals surface area (Å²) >= 11 is 0. The van der Waals surface area contributed by atoms with Crippen molar-refractivity contribution in [2.45, 2.75) is 32.2 Å². The van der Waals surface area contributed by atoms with E-state index in [2.05, 4.69) is 16.0 Å². The van der Waals surface area contributed by atoms with Crippen LogP contribution in [-0.2, 0) is 9.53 Å². The van der Waals surface area contributed by atoms with E-state index in [4.69, 9.17) is 9.47 Å². The first-order valence-corrected chi connectivity index (χ1v) is 8.05. The van der Waals surface area contributed by atoms with Gasteiger partial charge in [0, 0.05) is 31.7 Å². The van der Waals surface area contributed by atoms with Crippen molar-refractivity contribution in [1.29, 1.82) is 0 Å². The Morgan fingerprint density at radius 2 is 2.00 bits per heavy atom. The summed E-state index contributed by atoms with van der Waals surface area (Å²) in [5, 5.41) is 8.48. The topological polar surface area (TPSA) is 88.7 Å². The maximum atomic E-state index is 12.2. The predicted octanol–water partition coefficient (Wildman–Crippen LogP) is 2.59. The molecule has 0 aromatic heterocycles. The number of carbonyl (C=O) groups excluding carboxylic acids is 2. The van der Waals surface area contributed by atoms with Gasteiger partial charge in [0.1, 0.15) is 5.75 Å². The lowest BCUT2D eigenvalue weighted by atomic mass is 10.1. The lowest BCUT2D eigenvalue weighted by Crippen LogP contribution is -2.41. The van der Waals surface area contributed by atoms with Crippen LogP contribution < -0.4 is 20.7 Å². The normalized spacial score (nSPS) is 19.6. The summed E-state index contributed by atoms with van der Waals surface area (Å²) in [5.74, 6) is 0.682. The molecule has 0 unspecified atom stereocenters. The lowest BCUT2D eigenvalue weighted by Gasteiger charge is -2.20. The molecule has 0 radical (unpaired) electrons. The lowest BCUT2D eigenvalue weighted by molar-refractivity contribution is -0.114. The van der Waals surface area contributed by atoms with Gasteiger partial charge in [0.15, 0.2) is 0 Å². The van der Waals surface area contributed by atoms with Crippen molar-refractivity contribution in [2.24, 2.45) is 5.92 Å².